The highest BCUT2D eigenvalue weighted by Gasteiger charge is 2.37. The van der Waals surface area contributed by atoms with Gasteiger partial charge >= 0.3 is 6.18 Å². The number of nitrogens with one attached hydrogen (secondary N) is 1. The Bertz CT molecular complexity index is 551. The third kappa shape index (κ3) is 2.57. The zero-order chi connectivity index (χ0) is 12.6. The fraction of sp³-hybridized carbons (Fsp3) is 0.100. The Morgan fingerprint density at radius 2 is 2.00 bits per heavy atom. The fourth-order valence-corrected chi connectivity index (χ4v) is 2.32. The average molecular weight is 373 g/mol. The molecule has 0 fully saturated rings. The van der Waals surface area contributed by atoms with Gasteiger partial charge < -0.3 is 0 Å². The van der Waals surface area contributed by atoms with Crippen LogP contribution in [0.2, 0.25) is 5.02 Å². The summed E-state index contributed by atoms with van der Waals surface area (Å²) in [5.74, 6) is 0. The lowest BCUT2D eigenvalue weighted by Gasteiger charge is -2.07. The summed E-state index contributed by atoms with van der Waals surface area (Å²) in [5, 5.41) is 5.98. The molecule has 0 atom stereocenters. The first-order chi connectivity index (χ1) is 7.89. The Hall–Kier alpha value is -0.760. The second-order valence-corrected chi connectivity index (χ2v) is 4.73. The van der Waals surface area contributed by atoms with Crippen molar-refractivity contribution >= 4 is 34.2 Å². The van der Waals surface area contributed by atoms with Crippen molar-refractivity contribution in [2.45, 2.75) is 6.18 Å². The summed E-state index contributed by atoms with van der Waals surface area (Å²) in [6, 6.07) is 6.24. The number of H-pyrrole nitrogens is 1. The van der Waals surface area contributed by atoms with Crippen molar-refractivity contribution < 1.29 is 13.2 Å². The maximum absolute atomic E-state index is 12.7. The molecule has 0 unspecified atom stereocenters. The van der Waals surface area contributed by atoms with Crippen molar-refractivity contribution in [1.82, 2.24) is 10.2 Å². The first-order valence-electron chi connectivity index (χ1n) is 4.46. The van der Waals surface area contributed by atoms with Gasteiger partial charge in [-0.1, -0.05) is 23.7 Å². The monoisotopic (exact) mass is 372 g/mol. The van der Waals surface area contributed by atoms with Gasteiger partial charge in [-0.05, 0) is 40.3 Å². The van der Waals surface area contributed by atoms with Crippen molar-refractivity contribution in [3.8, 4) is 11.1 Å². The Kier molecular flexibility index (Phi) is 3.35. The Labute approximate surface area is 113 Å². The summed E-state index contributed by atoms with van der Waals surface area (Å²) in [4.78, 5) is 0. The van der Waals surface area contributed by atoms with Crippen LogP contribution in [0.1, 0.15) is 5.69 Å². The standard InChI is InChI=1S/C10H5ClF3IN2/c11-6-3-1-2-5(4-6)7-8(10(12,13)14)16-17-9(7)15/h1-4H,(H,16,17). The van der Waals surface area contributed by atoms with Crippen molar-refractivity contribution in [3.05, 3.63) is 38.7 Å². The van der Waals surface area contributed by atoms with Crippen LogP contribution in [0.4, 0.5) is 13.2 Å². The summed E-state index contributed by atoms with van der Waals surface area (Å²) >= 11 is 7.52. The van der Waals surface area contributed by atoms with E-state index in [9.17, 15) is 13.2 Å². The molecule has 1 N–H and O–H groups in total. The molecule has 2 rings (SSSR count). The molecule has 0 bridgehead atoms. The first-order valence-corrected chi connectivity index (χ1v) is 5.92. The van der Waals surface area contributed by atoms with Crippen molar-refractivity contribution in [2.24, 2.45) is 0 Å². The normalized spacial score (nSPS) is 11.8. The molecule has 2 aromatic rings. The van der Waals surface area contributed by atoms with E-state index in [0.717, 1.165) is 0 Å². The fourth-order valence-electron chi connectivity index (χ4n) is 1.43. The van der Waals surface area contributed by atoms with E-state index in [1.807, 2.05) is 5.10 Å². The summed E-state index contributed by atoms with van der Waals surface area (Å²) in [6.07, 6.45) is -4.46. The van der Waals surface area contributed by atoms with Crippen LogP contribution in [0.25, 0.3) is 11.1 Å². The van der Waals surface area contributed by atoms with E-state index in [1.54, 1.807) is 40.8 Å². The minimum Gasteiger partial charge on any atom is -0.272 e. The van der Waals surface area contributed by atoms with E-state index in [2.05, 4.69) is 5.10 Å². The highest BCUT2D eigenvalue weighted by Crippen LogP contribution is 2.38. The van der Waals surface area contributed by atoms with E-state index in [4.69, 9.17) is 11.6 Å². The van der Waals surface area contributed by atoms with Gasteiger partial charge in [0.15, 0.2) is 0 Å². The minimum atomic E-state index is -4.46. The summed E-state index contributed by atoms with van der Waals surface area (Å²) in [7, 11) is 0. The predicted octanol–water partition coefficient (Wildman–Crippen LogP) is 4.35. The molecule has 0 saturated heterocycles. The summed E-state index contributed by atoms with van der Waals surface area (Å²) in [6.45, 7) is 0. The second kappa shape index (κ2) is 4.49. The summed E-state index contributed by atoms with van der Waals surface area (Å²) in [5.41, 5.74) is -0.437. The molecule has 0 amide bonds. The smallest absolute Gasteiger partial charge is 0.272 e. The molecule has 0 radical (unpaired) electrons. The van der Waals surface area contributed by atoms with Gasteiger partial charge in [-0.25, -0.2) is 0 Å². The van der Waals surface area contributed by atoms with Gasteiger partial charge in [0.05, 0.1) is 0 Å². The molecule has 7 heteroatoms. The van der Waals surface area contributed by atoms with Crippen LogP contribution in [-0.2, 0) is 6.18 Å². The molecule has 0 spiro atoms. The lowest BCUT2D eigenvalue weighted by molar-refractivity contribution is -0.140. The molecule has 0 aliphatic rings. The highest BCUT2D eigenvalue weighted by atomic mass is 127. The Morgan fingerprint density at radius 3 is 2.59 bits per heavy atom. The first kappa shape index (κ1) is 12.7. The molecule has 90 valence electrons. The van der Waals surface area contributed by atoms with Crippen LogP contribution in [0.15, 0.2) is 24.3 Å². The van der Waals surface area contributed by atoms with Crippen LogP contribution in [0.3, 0.4) is 0 Å². The van der Waals surface area contributed by atoms with Gasteiger partial charge in [0.25, 0.3) is 0 Å². The largest absolute Gasteiger partial charge is 0.433 e. The average Bonchev–Trinajstić information content (AvgIpc) is 2.59. The Morgan fingerprint density at radius 1 is 1.29 bits per heavy atom. The number of rotatable bonds is 1. The van der Waals surface area contributed by atoms with E-state index < -0.39 is 11.9 Å². The van der Waals surface area contributed by atoms with Gasteiger partial charge in [0, 0.05) is 10.6 Å². The van der Waals surface area contributed by atoms with Crippen LogP contribution in [0, 0.1) is 3.70 Å². The molecule has 2 nitrogen and oxygen atoms in total. The summed E-state index contributed by atoms with van der Waals surface area (Å²) < 4.78 is 38.5. The van der Waals surface area contributed by atoms with Crippen LogP contribution in [0.5, 0.6) is 0 Å². The second-order valence-electron chi connectivity index (χ2n) is 3.27. The highest BCUT2D eigenvalue weighted by molar-refractivity contribution is 14.1. The number of alkyl halides is 3. The van der Waals surface area contributed by atoms with Crippen LogP contribution in [-0.4, -0.2) is 10.2 Å². The maximum atomic E-state index is 12.7. The van der Waals surface area contributed by atoms with E-state index in [-0.39, 0.29) is 9.26 Å². The third-order valence-electron chi connectivity index (χ3n) is 2.12. The van der Waals surface area contributed by atoms with Gasteiger partial charge in [-0.3, -0.25) is 5.10 Å². The van der Waals surface area contributed by atoms with E-state index in [0.29, 0.717) is 10.6 Å². The number of benzene rings is 1. The topological polar surface area (TPSA) is 28.7 Å². The molecule has 1 heterocycles. The van der Waals surface area contributed by atoms with Crippen LogP contribution < -0.4 is 0 Å². The van der Waals surface area contributed by atoms with Gasteiger partial charge in [-0.15, -0.1) is 0 Å². The molecule has 0 aliphatic heterocycles. The van der Waals surface area contributed by atoms with Gasteiger partial charge in [0.1, 0.15) is 9.39 Å². The quantitative estimate of drug-likeness (QED) is 0.741. The number of hydrogen-bond acceptors (Lipinski definition) is 1. The number of halogens is 5. The molecular formula is C10H5ClF3IN2. The molecule has 1 aromatic carbocycles. The lowest BCUT2D eigenvalue weighted by Crippen LogP contribution is -2.07. The number of nitrogens with zero attached hydrogens (tertiary/aromatic N) is 1. The third-order valence-corrected chi connectivity index (χ3v) is 3.13. The van der Waals surface area contributed by atoms with Gasteiger partial charge in [-0.2, -0.15) is 18.3 Å². The lowest BCUT2D eigenvalue weighted by atomic mass is 10.1. The molecule has 1 aromatic heterocycles. The van der Waals surface area contributed by atoms with Crippen molar-refractivity contribution in [3.63, 3.8) is 0 Å². The van der Waals surface area contributed by atoms with Gasteiger partial charge in [0.2, 0.25) is 0 Å². The van der Waals surface area contributed by atoms with E-state index in [1.165, 1.54) is 6.07 Å². The predicted molar refractivity (Wildman–Crippen MR) is 66.8 cm³/mol. The minimum absolute atomic E-state index is 0.0283. The number of aromatic amines is 1. The van der Waals surface area contributed by atoms with Crippen molar-refractivity contribution in [2.75, 3.05) is 0 Å². The number of aromatic nitrogens is 2. The van der Waals surface area contributed by atoms with E-state index >= 15 is 0 Å². The van der Waals surface area contributed by atoms with Crippen molar-refractivity contribution in [1.29, 1.82) is 0 Å². The number of hydrogen-bond donors (Lipinski definition) is 1. The van der Waals surface area contributed by atoms with Crippen LogP contribution >= 0.6 is 34.2 Å². The molecular weight excluding hydrogens is 367 g/mol. The zero-order valence-electron chi connectivity index (χ0n) is 8.15. The SMILES string of the molecule is FC(F)(F)c1[nH]nc(I)c1-c1cccc(Cl)c1. The zero-order valence-corrected chi connectivity index (χ0v) is 11.1. The maximum Gasteiger partial charge on any atom is 0.433 e. The molecule has 17 heavy (non-hydrogen) atoms. The Balaban J connectivity index is 2.63. The molecule has 0 saturated carbocycles. The molecule has 0 aliphatic carbocycles.